The van der Waals surface area contributed by atoms with E-state index >= 15 is 0 Å². The van der Waals surface area contributed by atoms with E-state index in [1.54, 1.807) is 25.6 Å². The van der Waals surface area contributed by atoms with Crippen molar-refractivity contribution in [2.24, 2.45) is 7.05 Å². The first-order chi connectivity index (χ1) is 12.3. The molecule has 1 aromatic heterocycles. The van der Waals surface area contributed by atoms with Crippen LogP contribution in [0.5, 0.6) is 0 Å². The molecule has 7 heteroatoms. The maximum absolute atomic E-state index is 12.9. The number of hydrogen-bond acceptors (Lipinski definition) is 5. The van der Waals surface area contributed by atoms with Gasteiger partial charge in [-0.25, -0.2) is 0 Å². The number of Topliss-reactive ketones (excluding diaryl/α,β-unsaturated/α-hetero) is 1. The minimum atomic E-state index is -0.752. The summed E-state index contributed by atoms with van der Waals surface area (Å²) in [5.74, 6) is -2.01. The van der Waals surface area contributed by atoms with Gasteiger partial charge < -0.3 is 9.64 Å². The minimum Gasteiger partial charge on any atom is -0.468 e. The second kappa shape index (κ2) is 7.95. The molecule has 0 aliphatic rings. The molecular weight excluding hydrogens is 334 g/mol. The van der Waals surface area contributed by atoms with Gasteiger partial charge in [0.25, 0.3) is 11.7 Å². The fourth-order valence-corrected chi connectivity index (χ4v) is 2.77. The summed E-state index contributed by atoms with van der Waals surface area (Å²) in [7, 11) is 2.96. The molecule has 1 heterocycles. The number of carbonyl (C=O) groups excluding carboxylic acids is 3. The summed E-state index contributed by atoms with van der Waals surface area (Å²) < 4.78 is 6.23. The molecule has 26 heavy (non-hydrogen) atoms. The second-order valence-corrected chi connectivity index (χ2v) is 6.16. The number of carbonyl (C=O) groups is 3. The molecule has 0 saturated carbocycles. The van der Waals surface area contributed by atoms with Gasteiger partial charge in [0.1, 0.15) is 6.54 Å². The third kappa shape index (κ3) is 3.99. The summed E-state index contributed by atoms with van der Waals surface area (Å²) in [6, 6.07) is 7.50. The zero-order valence-electron chi connectivity index (χ0n) is 15.7. The van der Waals surface area contributed by atoms with Crippen LogP contribution in [-0.2, 0) is 27.9 Å². The second-order valence-electron chi connectivity index (χ2n) is 6.16. The van der Waals surface area contributed by atoms with E-state index in [0.29, 0.717) is 11.4 Å². The van der Waals surface area contributed by atoms with E-state index in [2.05, 4.69) is 9.84 Å². The highest BCUT2D eigenvalue weighted by molar-refractivity contribution is 6.43. The number of rotatable bonds is 6. The van der Waals surface area contributed by atoms with Gasteiger partial charge >= 0.3 is 5.97 Å². The number of aromatic nitrogens is 2. The van der Waals surface area contributed by atoms with E-state index in [0.717, 1.165) is 11.1 Å². The molecule has 0 aliphatic heterocycles. The highest BCUT2D eigenvalue weighted by atomic mass is 16.5. The van der Waals surface area contributed by atoms with Crippen LogP contribution in [-0.4, -0.2) is 46.0 Å². The van der Waals surface area contributed by atoms with Crippen LogP contribution in [0.1, 0.15) is 32.9 Å². The topological polar surface area (TPSA) is 81.5 Å². The zero-order valence-corrected chi connectivity index (χ0v) is 15.7. The van der Waals surface area contributed by atoms with Crippen molar-refractivity contribution < 1.29 is 19.1 Å². The summed E-state index contributed by atoms with van der Waals surface area (Å²) in [5, 5.41) is 4.18. The van der Waals surface area contributed by atoms with E-state index in [1.165, 1.54) is 12.0 Å². The third-order valence-corrected chi connectivity index (χ3v) is 4.39. The molecule has 1 amide bonds. The molecule has 0 unspecified atom stereocenters. The summed E-state index contributed by atoms with van der Waals surface area (Å²) in [6.45, 7) is 5.16. The Morgan fingerprint density at radius 3 is 2.35 bits per heavy atom. The number of ether oxygens (including phenoxy) is 1. The number of hydrogen-bond donors (Lipinski definition) is 0. The van der Waals surface area contributed by atoms with Crippen molar-refractivity contribution in [2.75, 3.05) is 13.7 Å². The lowest BCUT2D eigenvalue weighted by molar-refractivity contribution is -0.145. The normalized spacial score (nSPS) is 10.5. The van der Waals surface area contributed by atoms with Crippen molar-refractivity contribution >= 4 is 17.7 Å². The lowest BCUT2D eigenvalue weighted by Crippen LogP contribution is -2.40. The predicted molar refractivity (Wildman–Crippen MR) is 95.6 cm³/mol. The van der Waals surface area contributed by atoms with E-state index in [4.69, 9.17) is 0 Å². The molecule has 0 aliphatic carbocycles. The van der Waals surface area contributed by atoms with Crippen molar-refractivity contribution in [1.29, 1.82) is 0 Å². The maximum Gasteiger partial charge on any atom is 0.325 e. The van der Waals surface area contributed by atoms with Gasteiger partial charge in [-0.3, -0.25) is 19.1 Å². The number of benzene rings is 1. The molecule has 0 bridgehead atoms. The van der Waals surface area contributed by atoms with Crippen LogP contribution < -0.4 is 0 Å². The van der Waals surface area contributed by atoms with Gasteiger partial charge in [0.15, 0.2) is 0 Å². The smallest absolute Gasteiger partial charge is 0.325 e. The first-order valence-corrected chi connectivity index (χ1v) is 8.21. The highest BCUT2D eigenvalue weighted by Crippen LogP contribution is 2.16. The highest BCUT2D eigenvalue weighted by Gasteiger charge is 2.29. The number of ketones is 1. The lowest BCUT2D eigenvalue weighted by atomic mass is 10.1. The SMILES string of the molecule is COC(=O)CN(Cc1ccccc1C)C(=O)C(=O)c1c(C)nn(C)c1C. The number of aryl methyl sites for hydroxylation is 3. The Kier molecular flexibility index (Phi) is 5.92. The van der Waals surface area contributed by atoms with Gasteiger partial charge in [-0.2, -0.15) is 5.10 Å². The Morgan fingerprint density at radius 1 is 1.15 bits per heavy atom. The lowest BCUT2D eigenvalue weighted by Gasteiger charge is -2.22. The molecule has 0 radical (unpaired) electrons. The largest absolute Gasteiger partial charge is 0.468 e. The van der Waals surface area contributed by atoms with Crippen molar-refractivity contribution in [3.63, 3.8) is 0 Å². The molecule has 0 spiro atoms. The Balaban J connectivity index is 2.34. The van der Waals surface area contributed by atoms with Crippen molar-refractivity contribution in [1.82, 2.24) is 14.7 Å². The van der Waals surface area contributed by atoms with Gasteiger partial charge in [0, 0.05) is 19.3 Å². The quantitative estimate of drug-likeness (QED) is 0.447. The van der Waals surface area contributed by atoms with E-state index in [-0.39, 0.29) is 18.7 Å². The fourth-order valence-electron chi connectivity index (χ4n) is 2.77. The Bertz CT molecular complexity index is 854. The summed E-state index contributed by atoms with van der Waals surface area (Å²) in [6.07, 6.45) is 0. The van der Waals surface area contributed by atoms with Gasteiger partial charge in [-0.05, 0) is 31.9 Å². The van der Waals surface area contributed by atoms with Crippen LogP contribution in [0.3, 0.4) is 0 Å². The van der Waals surface area contributed by atoms with E-state index < -0.39 is 17.7 Å². The summed E-state index contributed by atoms with van der Waals surface area (Å²) in [5.41, 5.74) is 3.19. The van der Waals surface area contributed by atoms with Gasteiger partial charge in [0.2, 0.25) is 0 Å². The fraction of sp³-hybridized carbons (Fsp3) is 0.368. The van der Waals surface area contributed by atoms with Crippen LogP contribution in [0, 0.1) is 20.8 Å². The van der Waals surface area contributed by atoms with Crippen molar-refractivity contribution in [3.05, 3.63) is 52.3 Å². The van der Waals surface area contributed by atoms with Crippen LogP contribution >= 0.6 is 0 Å². The van der Waals surface area contributed by atoms with Crippen LogP contribution in [0.25, 0.3) is 0 Å². The van der Waals surface area contributed by atoms with Crippen molar-refractivity contribution in [3.8, 4) is 0 Å². The van der Waals surface area contributed by atoms with Crippen LogP contribution in [0.4, 0.5) is 0 Å². The van der Waals surface area contributed by atoms with Gasteiger partial charge in [-0.15, -0.1) is 0 Å². The molecule has 7 nitrogen and oxygen atoms in total. The average molecular weight is 357 g/mol. The minimum absolute atomic E-state index is 0.144. The van der Waals surface area contributed by atoms with Gasteiger partial charge in [-0.1, -0.05) is 24.3 Å². The standard InChI is InChI=1S/C19H23N3O4/c1-12-8-6-7-9-15(12)10-22(11-16(23)26-5)19(25)18(24)17-13(2)20-21(4)14(17)3/h6-9H,10-11H2,1-5H3. The number of nitrogens with zero attached hydrogens (tertiary/aromatic N) is 3. The Hall–Kier alpha value is -2.96. The molecule has 2 rings (SSSR count). The molecule has 138 valence electrons. The third-order valence-electron chi connectivity index (χ3n) is 4.39. The molecule has 1 aromatic carbocycles. The van der Waals surface area contributed by atoms with Gasteiger partial charge in [0.05, 0.1) is 18.4 Å². The molecular formula is C19H23N3O4. The summed E-state index contributed by atoms with van der Waals surface area (Å²) in [4.78, 5) is 38.6. The number of methoxy groups -OCH3 is 1. The molecule has 2 aromatic rings. The summed E-state index contributed by atoms with van der Waals surface area (Å²) >= 11 is 0. The zero-order chi connectivity index (χ0) is 19.4. The molecule has 0 N–H and O–H groups in total. The average Bonchev–Trinajstić information content (AvgIpc) is 2.86. The molecule has 0 saturated heterocycles. The monoisotopic (exact) mass is 357 g/mol. The maximum atomic E-state index is 12.9. The Morgan fingerprint density at radius 2 is 1.81 bits per heavy atom. The molecule has 0 atom stereocenters. The van der Waals surface area contributed by atoms with Crippen LogP contribution in [0.2, 0.25) is 0 Å². The van der Waals surface area contributed by atoms with Crippen molar-refractivity contribution in [2.45, 2.75) is 27.3 Å². The number of esters is 1. The first kappa shape index (κ1) is 19.4. The predicted octanol–water partition coefficient (Wildman–Crippen LogP) is 1.73. The first-order valence-electron chi connectivity index (χ1n) is 8.21. The number of amides is 1. The van der Waals surface area contributed by atoms with Crippen LogP contribution in [0.15, 0.2) is 24.3 Å². The van der Waals surface area contributed by atoms with E-state index in [9.17, 15) is 14.4 Å². The van der Waals surface area contributed by atoms with E-state index in [1.807, 2.05) is 31.2 Å². The Labute approximate surface area is 152 Å². The molecule has 0 fully saturated rings.